The second-order valence-electron chi connectivity index (χ2n) is 4.06. The quantitative estimate of drug-likeness (QED) is 0.571. The Kier molecular flexibility index (Phi) is 5.64. The van der Waals surface area contributed by atoms with Crippen LogP contribution in [-0.2, 0) is 4.74 Å². The van der Waals surface area contributed by atoms with Gasteiger partial charge in [-0.2, -0.15) is 0 Å². The Morgan fingerprint density at radius 2 is 1.73 bits per heavy atom. The Bertz CT molecular complexity index is 303. The van der Waals surface area contributed by atoms with E-state index < -0.39 is 0 Å². The zero-order valence-electron chi connectivity index (χ0n) is 9.78. The minimum absolute atomic E-state index is 0.0417. The lowest BCUT2D eigenvalue weighted by molar-refractivity contribution is 0.0397. The highest BCUT2D eigenvalue weighted by molar-refractivity contribution is 5.82. The summed E-state index contributed by atoms with van der Waals surface area (Å²) in [7, 11) is 1.71. The van der Waals surface area contributed by atoms with Gasteiger partial charge in [-0.3, -0.25) is 4.79 Å². The number of methoxy groups -OCH3 is 1. The zero-order valence-corrected chi connectivity index (χ0v) is 9.78. The molecule has 0 atom stereocenters. The number of hydrogen-bond acceptors (Lipinski definition) is 3. The van der Waals surface area contributed by atoms with Gasteiger partial charge in [0.25, 0.3) is 0 Å². The van der Waals surface area contributed by atoms with Gasteiger partial charge >= 0.3 is 0 Å². The molecule has 1 rings (SSSR count). The van der Waals surface area contributed by atoms with Crippen LogP contribution in [0.3, 0.4) is 0 Å². The third-order valence-electron chi connectivity index (χ3n) is 1.74. The number of rotatable bonds is 1. The first-order valence-corrected chi connectivity index (χ1v) is 4.75. The van der Waals surface area contributed by atoms with E-state index >= 15 is 0 Å². The highest BCUT2D eigenvalue weighted by Crippen LogP contribution is 2.05. The van der Waals surface area contributed by atoms with Gasteiger partial charge in [0.2, 0.25) is 0 Å². The van der Waals surface area contributed by atoms with Crippen molar-refractivity contribution in [3.8, 4) is 0 Å². The molecule has 2 N–H and O–H groups in total. The summed E-state index contributed by atoms with van der Waals surface area (Å²) in [6.45, 7) is 6.06. The van der Waals surface area contributed by atoms with Crippen LogP contribution in [0.2, 0.25) is 0 Å². The molecule has 0 spiro atoms. The molecular weight excluding hydrogens is 190 g/mol. The number of carbonyl (C=O) groups is 1. The number of carbonyl (C=O) groups excluding carboxylic acids is 1. The maximum absolute atomic E-state index is 10.1. The lowest BCUT2D eigenvalue weighted by Gasteiger charge is -2.14. The predicted octanol–water partition coefficient (Wildman–Crippen LogP) is 2.51. The summed E-state index contributed by atoms with van der Waals surface area (Å²) in [5, 5.41) is 0. The molecule has 3 nitrogen and oxygen atoms in total. The van der Waals surface area contributed by atoms with Gasteiger partial charge in [0.1, 0.15) is 0 Å². The van der Waals surface area contributed by atoms with Crippen LogP contribution in [0.5, 0.6) is 0 Å². The van der Waals surface area contributed by atoms with Crippen molar-refractivity contribution in [2.75, 3.05) is 12.8 Å². The van der Waals surface area contributed by atoms with Crippen molar-refractivity contribution < 1.29 is 9.53 Å². The standard InChI is InChI=1S/C7H7NO.C5H12O/c8-7-4-2-1-3-6(7)5-9;1-5(2,3)6-4/h1-5H,8H2;1-4H3. The lowest BCUT2D eigenvalue weighted by Crippen LogP contribution is -2.15. The minimum atomic E-state index is 0.0417. The summed E-state index contributed by atoms with van der Waals surface area (Å²) in [5.41, 5.74) is 6.53. The van der Waals surface area contributed by atoms with Crippen LogP contribution in [0.4, 0.5) is 5.69 Å². The molecule has 0 aromatic heterocycles. The molecule has 0 saturated carbocycles. The fourth-order valence-electron chi connectivity index (χ4n) is 0.618. The minimum Gasteiger partial charge on any atom is -0.398 e. The molecule has 0 aliphatic carbocycles. The highest BCUT2D eigenvalue weighted by atomic mass is 16.5. The smallest absolute Gasteiger partial charge is 0.152 e. The fraction of sp³-hybridized carbons (Fsp3) is 0.417. The summed E-state index contributed by atoms with van der Waals surface area (Å²) in [5.74, 6) is 0. The molecule has 0 aliphatic rings. The predicted molar refractivity (Wildman–Crippen MR) is 63.0 cm³/mol. The van der Waals surface area contributed by atoms with E-state index in [1.165, 1.54) is 0 Å². The topological polar surface area (TPSA) is 52.3 Å². The van der Waals surface area contributed by atoms with E-state index in [9.17, 15) is 4.79 Å². The Balaban J connectivity index is 0.000000288. The van der Waals surface area contributed by atoms with Gasteiger partial charge in [-0.05, 0) is 32.9 Å². The van der Waals surface area contributed by atoms with Gasteiger partial charge in [0.15, 0.2) is 6.29 Å². The molecule has 0 heterocycles. The number of para-hydroxylation sites is 1. The maximum atomic E-state index is 10.1. The summed E-state index contributed by atoms with van der Waals surface area (Å²) in [6, 6.07) is 6.95. The summed E-state index contributed by atoms with van der Waals surface area (Å²) < 4.78 is 4.94. The Labute approximate surface area is 91.2 Å². The number of nitrogens with two attached hydrogens (primary N) is 1. The molecule has 0 amide bonds. The van der Waals surface area contributed by atoms with Gasteiger partial charge in [-0.1, -0.05) is 12.1 Å². The van der Waals surface area contributed by atoms with Crippen molar-refractivity contribution in [1.29, 1.82) is 0 Å². The lowest BCUT2D eigenvalue weighted by atomic mass is 10.2. The van der Waals surface area contributed by atoms with Gasteiger partial charge < -0.3 is 10.5 Å². The van der Waals surface area contributed by atoms with Crippen molar-refractivity contribution in [2.45, 2.75) is 26.4 Å². The Morgan fingerprint density at radius 3 is 2.00 bits per heavy atom. The SMILES string of the molecule is COC(C)(C)C.Nc1ccccc1C=O. The van der Waals surface area contributed by atoms with E-state index in [0.29, 0.717) is 11.3 Å². The Hall–Kier alpha value is -1.35. The first-order valence-electron chi connectivity index (χ1n) is 4.75. The second kappa shape index (κ2) is 6.19. The summed E-state index contributed by atoms with van der Waals surface area (Å²) in [6.07, 6.45) is 0.745. The summed E-state index contributed by atoms with van der Waals surface area (Å²) in [4.78, 5) is 10.1. The van der Waals surface area contributed by atoms with E-state index in [4.69, 9.17) is 10.5 Å². The molecule has 1 aromatic carbocycles. The molecular formula is C12H19NO2. The normalized spacial score (nSPS) is 10.1. The zero-order chi connectivity index (χ0) is 11.9. The molecule has 0 saturated heterocycles. The molecule has 3 heteroatoms. The number of aldehydes is 1. The van der Waals surface area contributed by atoms with Crippen LogP contribution in [0, 0.1) is 0 Å². The summed E-state index contributed by atoms with van der Waals surface area (Å²) >= 11 is 0. The third kappa shape index (κ3) is 6.69. The molecule has 84 valence electrons. The molecule has 1 aromatic rings. The van der Waals surface area contributed by atoms with Gasteiger partial charge in [0.05, 0.1) is 5.60 Å². The van der Waals surface area contributed by atoms with Crippen LogP contribution in [0.1, 0.15) is 31.1 Å². The van der Waals surface area contributed by atoms with E-state index in [2.05, 4.69) is 0 Å². The van der Waals surface area contributed by atoms with Crippen LogP contribution < -0.4 is 5.73 Å². The van der Waals surface area contributed by atoms with Crippen LogP contribution in [0.15, 0.2) is 24.3 Å². The average Bonchev–Trinajstić information content (AvgIpc) is 2.18. The first kappa shape index (κ1) is 13.7. The number of anilines is 1. The third-order valence-corrected chi connectivity index (χ3v) is 1.74. The molecule has 0 fully saturated rings. The second-order valence-corrected chi connectivity index (χ2v) is 4.06. The average molecular weight is 209 g/mol. The van der Waals surface area contributed by atoms with Crippen molar-refractivity contribution in [3.63, 3.8) is 0 Å². The number of benzene rings is 1. The first-order chi connectivity index (χ1) is 6.90. The molecule has 0 bridgehead atoms. The maximum Gasteiger partial charge on any atom is 0.152 e. The molecule has 0 radical (unpaired) electrons. The number of nitrogen functional groups attached to an aromatic ring is 1. The van der Waals surface area contributed by atoms with E-state index in [1.807, 2.05) is 20.8 Å². The van der Waals surface area contributed by atoms with Crippen molar-refractivity contribution in [3.05, 3.63) is 29.8 Å². The number of hydrogen-bond donors (Lipinski definition) is 1. The van der Waals surface area contributed by atoms with Crippen molar-refractivity contribution in [2.24, 2.45) is 0 Å². The van der Waals surface area contributed by atoms with Gasteiger partial charge in [-0.15, -0.1) is 0 Å². The van der Waals surface area contributed by atoms with Crippen LogP contribution in [0.25, 0.3) is 0 Å². The molecule has 0 unspecified atom stereocenters. The fourth-order valence-corrected chi connectivity index (χ4v) is 0.618. The monoisotopic (exact) mass is 209 g/mol. The Morgan fingerprint density at radius 1 is 1.27 bits per heavy atom. The highest BCUT2D eigenvalue weighted by Gasteiger charge is 2.04. The van der Waals surface area contributed by atoms with E-state index in [1.54, 1.807) is 31.4 Å². The van der Waals surface area contributed by atoms with E-state index in [-0.39, 0.29) is 5.60 Å². The van der Waals surface area contributed by atoms with Crippen molar-refractivity contribution >= 4 is 12.0 Å². The molecule has 0 aliphatic heterocycles. The number of ether oxygens (including phenoxy) is 1. The van der Waals surface area contributed by atoms with Crippen molar-refractivity contribution in [1.82, 2.24) is 0 Å². The van der Waals surface area contributed by atoms with Crippen LogP contribution in [-0.4, -0.2) is 19.0 Å². The van der Waals surface area contributed by atoms with Crippen LogP contribution >= 0.6 is 0 Å². The van der Waals surface area contributed by atoms with Gasteiger partial charge in [-0.25, -0.2) is 0 Å². The largest absolute Gasteiger partial charge is 0.398 e. The molecule has 15 heavy (non-hydrogen) atoms. The van der Waals surface area contributed by atoms with Gasteiger partial charge in [0, 0.05) is 18.4 Å². The van der Waals surface area contributed by atoms with E-state index in [0.717, 1.165) is 6.29 Å².